The fourth-order valence-electron chi connectivity index (χ4n) is 2.13. The van der Waals surface area contributed by atoms with Crippen LogP contribution < -0.4 is 10.1 Å². The fraction of sp³-hybridized carbons (Fsp3) is 0.235. The number of rotatable bonds is 4. The van der Waals surface area contributed by atoms with Crippen molar-refractivity contribution in [3.8, 4) is 5.75 Å². The lowest BCUT2D eigenvalue weighted by Crippen LogP contribution is -2.20. The Morgan fingerprint density at radius 3 is 2.36 bits per heavy atom. The number of benzene rings is 2. The van der Waals surface area contributed by atoms with Crippen molar-refractivity contribution in [1.29, 1.82) is 0 Å². The molecular weight excluding hydrogens is 305 g/mol. The van der Waals surface area contributed by atoms with Crippen LogP contribution in [0.15, 0.2) is 30.3 Å². The summed E-state index contributed by atoms with van der Waals surface area (Å²) in [5.74, 6) is -0.0743. The van der Waals surface area contributed by atoms with Crippen molar-refractivity contribution in [3.05, 3.63) is 57.9 Å². The number of ether oxygens (including phenoxy) is 1. The third kappa shape index (κ3) is 3.98. The number of halogens is 2. The standard InChI is InChI=1S/C17H17ClFNO2/c1-10-4-5-14(8-15(10)19)20-16(21)9-22-17-11(2)6-13(18)7-12(17)3/h4-8H,9H2,1-3H3,(H,20,21). The van der Waals surface area contributed by atoms with E-state index >= 15 is 0 Å². The number of hydrogen-bond donors (Lipinski definition) is 1. The molecule has 0 aliphatic heterocycles. The van der Waals surface area contributed by atoms with Crippen molar-refractivity contribution in [3.63, 3.8) is 0 Å². The molecule has 3 nitrogen and oxygen atoms in total. The van der Waals surface area contributed by atoms with Crippen molar-refractivity contribution >= 4 is 23.2 Å². The normalized spacial score (nSPS) is 10.4. The van der Waals surface area contributed by atoms with E-state index in [2.05, 4.69) is 5.32 Å². The quantitative estimate of drug-likeness (QED) is 0.905. The third-order valence-electron chi connectivity index (χ3n) is 3.23. The lowest BCUT2D eigenvalue weighted by molar-refractivity contribution is -0.118. The van der Waals surface area contributed by atoms with Gasteiger partial charge in [0.2, 0.25) is 0 Å². The first kappa shape index (κ1) is 16.3. The Morgan fingerprint density at radius 2 is 1.77 bits per heavy atom. The minimum absolute atomic E-state index is 0.154. The van der Waals surface area contributed by atoms with Gasteiger partial charge in [-0.2, -0.15) is 0 Å². The highest BCUT2D eigenvalue weighted by atomic mass is 35.5. The number of hydrogen-bond acceptors (Lipinski definition) is 2. The monoisotopic (exact) mass is 321 g/mol. The van der Waals surface area contributed by atoms with Crippen LogP contribution in [-0.4, -0.2) is 12.5 Å². The van der Waals surface area contributed by atoms with Gasteiger partial charge in [-0.15, -0.1) is 0 Å². The Hall–Kier alpha value is -2.07. The first-order valence-corrected chi connectivity index (χ1v) is 7.20. The number of aryl methyl sites for hydroxylation is 3. The molecule has 0 bridgehead atoms. The molecule has 2 aromatic rings. The van der Waals surface area contributed by atoms with Crippen molar-refractivity contribution in [2.24, 2.45) is 0 Å². The molecule has 2 aromatic carbocycles. The summed E-state index contributed by atoms with van der Waals surface area (Å²) in [5.41, 5.74) is 2.65. The Kier molecular flexibility index (Phi) is 5.03. The average molecular weight is 322 g/mol. The number of carbonyl (C=O) groups is 1. The molecule has 0 aromatic heterocycles. The number of amides is 1. The highest BCUT2D eigenvalue weighted by Crippen LogP contribution is 2.27. The Morgan fingerprint density at radius 1 is 1.14 bits per heavy atom. The number of anilines is 1. The lowest BCUT2D eigenvalue weighted by atomic mass is 10.1. The minimum Gasteiger partial charge on any atom is -0.483 e. The maximum atomic E-state index is 13.4. The summed E-state index contributed by atoms with van der Waals surface area (Å²) >= 11 is 5.95. The van der Waals surface area contributed by atoms with Crippen LogP contribution in [0.25, 0.3) is 0 Å². The summed E-state index contributed by atoms with van der Waals surface area (Å²) in [6.45, 7) is 5.23. The van der Waals surface area contributed by atoms with Gasteiger partial charge in [0.1, 0.15) is 11.6 Å². The Bertz CT molecular complexity index is 693. The van der Waals surface area contributed by atoms with Gasteiger partial charge in [-0.3, -0.25) is 4.79 Å². The molecule has 0 atom stereocenters. The zero-order chi connectivity index (χ0) is 16.3. The number of carbonyl (C=O) groups excluding carboxylic acids is 1. The van der Waals surface area contributed by atoms with Crippen LogP contribution in [0, 0.1) is 26.6 Å². The van der Waals surface area contributed by atoms with E-state index in [9.17, 15) is 9.18 Å². The smallest absolute Gasteiger partial charge is 0.262 e. The molecule has 0 saturated carbocycles. The summed E-state index contributed by atoms with van der Waals surface area (Å²) in [6, 6.07) is 8.09. The van der Waals surface area contributed by atoms with Crippen LogP contribution in [0.1, 0.15) is 16.7 Å². The van der Waals surface area contributed by atoms with E-state index in [-0.39, 0.29) is 18.3 Å². The molecule has 0 saturated heterocycles. The molecule has 0 fully saturated rings. The van der Waals surface area contributed by atoms with Gasteiger partial charge in [-0.1, -0.05) is 17.7 Å². The van der Waals surface area contributed by atoms with Gasteiger partial charge >= 0.3 is 0 Å². The van der Waals surface area contributed by atoms with Gasteiger partial charge in [0.05, 0.1) is 0 Å². The summed E-state index contributed by atoms with van der Waals surface area (Å²) in [7, 11) is 0. The first-order chi connectivity index (χ1) is 10.4. The number of nitrogens with one attached hydrogen (secondary N) is 1. The van der Waals surface area contributed by atoms with Gasteiger partial charge in [-0.05, 0) is 61.7 Å². The summed E-state index contributed by atoms with van der Waals surface area (Å²) in [5, 5.41) is 3.23. The van der Waals surface area contributed by atoms with E-state index in [4.69, 9.17) is 16.3 Å². The highest BCUT2D eigenvalue weighted by molar-refractivity contribution is 6.30. The van der Waals surface area contributed by atoms with Gasteiger partial charge in [-0.25, -0.2) is 4.39 Å². The van der Waals surface area contributed by atoms with E-state index in [0.717, 1.165) is 11.1 Å². The molecule has 1 N–H and O–H groups in total. The van der Waals surface area contributed by atoms with E-state index in [1.165, 1.54) is 6.07 Å². The zero-order valence-electron chi connectivity index (χ0n) is 12.7. The molecule has 22 heavy (non-hydrogen) atoms. The van der Waals surface area contributed by atoms with Crippen molar-refractivity contribution in [2.45, 2.75) is 20.8 Å². The van der Waals surface area contributed by atoms with Crippen molar-refractivity contribution in [1.82, 2.24) is 0 Å². The predicted molar refractivity (Wildman–Crippen MR) is 86.2 cm³/mol. The summed E-state index contributed by atoms with van der Waals surface area (Å²) < 4.78 is 19.0. The maximum Gasteiger partial charge on any atom is 0.262 e. The second-order valence-corrected chi connectivity index (χ2v) is 5.61. The second-order valence-electron chi connectivity index (χ2n) is 5.17. The van der Waals surface area contributed by atoms with Crippen LogP contribution in [0.4, 0.5) is 10.1 Å². The highest BCUT2D eigenvalue weighted by Gasteiger charge is 2.09. The van der Waals surface area contributed by atoms with Crippen LogP contribution in [0.2, 0.25) is 5.02 Å². The predicted octanol–water partition coefficient (Wildman–Crippen LogP) is 4.42. The summed E-state index contributed by atoms with van der Waals surface area (Å²) in [6.07, 6.45) is 0. The topological polar surface area (TPSA) is 38.3 Å². The van der Waals surface area contributed by atoms with Crippen LogP contribution >= 0.6 is 11.6 Å². The third-order valence-corrected chi connectivity index (χ3v) is 3.45. The van der Waals surface area contributed by atoms with E-state index < -0.39 is 0 Å². The molecule has 5 heteroatoms. The SMILES string of the molecule is Cc1ccc(NC(=O)COc2c(C)cc(Cl)cc2C)cc1F. The minimum atomic E-state index is -0.358. The Balaban J connectivity index is 2.00. The lowest BCUT2D eigenvalue weighted by Gasteiger charge is -2.13. The maximum absolute atomic E-state index is 13.4. The molecule has 0 aliphatic carbocycles. The van der Waals surface area contributed by atoms with Crippen LogP contribution in [-0.2, 0) is 4.79 Å². The molecule has 0 unspecified atom stereocenters. The molecule has 0 heterocycles. The van der Waals surface area contributed by atoms with Crippen molar-refractivity contribution < 1.29 is 13.9 Å². The second kappa shape index (κ2) is 6.79. The van der Waals surface area contributed by atoms with Crippen molar-refractivity contribution in [2.75, 3.05) is 11.9 Å². The van der Waals surface area contributed by atoms with Gasteiger partial charge < -0.3 is 10.1 Å². The molecule has 116 valence electrons. The molecular formula is C17H17ClFNO2. The van der Waals surface area contributed by atoms with E-state index in [1.54, 1.807) is 31.2 Å². The Labute approximate surface area is 134 Å². The zero-order valence-corrected chi connectivity index (χ0v) is 13.4. The van der Waals surface area contributed by atoms with Crippen LogP contribution in [0.3, 0.4) is 0 Å². The fourth-order valence-corrected chi connectivity index (χ4v) is 2.46. The molecule has 0 aliphatic rings. The average Bonchev–Trinajstić information content (AvgIpc) is 2.41. The van der Waals surface area contributed by atoms with Gasteiger partial charge in [0.15, 0.2) is 6.61 Å². The molecule has 1 amide bonds. The molecule has 0 radical (unpaired) electrons. The van der Waals surface area contributed by atoms with Gasteiger partial charge in [0.25, 0.3) is 5.91 Å². The largest absolute Gasteiger partial charge is 0.483 e. The van der Waals surface area contributed by atoms with E-state index in [0.29, 0.717) is 22.0 Å². The van der Waals surface area contributed by atoms with E-state index in [1.807, 2.05) is 13.8 Å². The first-order valence-electron chi connectivity index (χ1n) is 6.82. The molecule has 2 rings (SSSR count). The van der Waals surface area contributed by atoms with Gasteiger partial charge in [0, 0.05) is 10.7 Å². The summed E-state index contributed by atoms with van der Waals surface area (Å²) in [4.78, 5) is 11.9. The molecule has 0 spiro atoms. The van der Waals surface area contributed by atoms with Crippen LogP contribution in [0.5, 0.6) is 5.75 Å².